The quantitative estimate of drug-likeness (QED) is 0.614. The number of carbonyl (C=O) groups is 1. The van der Waals surface area contributed by atoms with E-state index in [-0.39, 0.29) is 42.0 Å². The SMILES string of the molecule is CNCCN(C)C(=O)c1ccc(-n2ccnc2)c([N+](=O)[O-])c1.Cl.Cl. The number of imidazole rings is 1. The molecule has 0 aliphatic rings. The standard InChI is InChI=1S/C14H17N5O3.2ClH/c1-15-5-7-17(2)14(20)11-3-4-12(13(9-11)19(21)22)18-8-6-16-10-18;;/h3-4,6,8-10,15H,5,7H2,1-2H3;2*1H. The molecule has 24 heavy (non-hydrogen) atoms. The molecule has 0 aliphatic heterocycles. The van der Waals surface area contributed by atoms with Crippen molar-refractivity contribution < 1.29 is 9.72 Å². The van der Waals surface area contributed by atoms with Crippen LogP contribution in [0, 0.1) is 10.1 Å². The number of hydrogen-bond donors (Lipinski definition) is 1. The molecule has 1 aromatic heterocycles. The van der Waals surface area contributed by atoms with Crippen molar-refractivity contribution in [3.63, 3.8) is 0 Å². The van der Waals surface area contributed by atoms with Crippen LogP contribution in [0.5, 0.6) is 0 Å². The summed E-state index contributed by atoms with van der Waals surface area (Å²) in [4.78, 5) is 28.4. The van der Waals surface area contributed by atoms with Crippen molar-refractivity contribution in [3.8, 4) is 5.69 Å². The molecular weight excluding hydrogens is 357 g/mol. The zero-order valence-electron chi connectivity index (χ0n) is 13.2. The highest BCUT2D eigenvalue weighted by Crippen LogP contribution is 2.24. The number of aromatic nitrogens is 2. The van der Waals surface area contributed by atoms with E-state index in [0.29, 0.717) is 18.8 Å². The second-order valence-corrected chi connectivity index (χ2v) is 4.76. The van der Waals surface area contributed by atoms with Crippen LogP contribution in [0.25, 0.3) is 5.69 Å². The molecule has 0 radical (unpaired) electrons. The van der Waals surface area contributed by atoms with Crippen molar-refractivity contribution in [2.45, 2.75) is 0 Å². The number of nitro benzene ring substituents is 1. The van der Waals surface area contributed by atoms with Gasteiger partial charge in [0.1, 0.15) is 5.69 Å². The topological polar surface area (TPSA) is 93.3 Å². The summed E-state index contributed by atoms with van der Waals surface area (Å²) < 4.78 is 1.54. The zero-order valence-corrected chi connectivity index (χ0v) is 14.8. The van der Waals surface area contributed by atoms with E-state index in [0.717, 1.165) is 0 Å². The van der Waals surface area contributed by atoms with Gasteiger partial charge in [-0.1, -0.05) is 0 Å². The molecule has 2 rings (SSSR count). The Morgan fingerprint density at radius 2 is 2.12 bits per heavy atom. The maximum atomic E-state index is 12.3. The molecule has 0 saturated heterocycles. The Morgan fingerprint density at radius 1 is 1.42 bits per heavy atom. The van der Waals surface area contributed by atoms with Gasteiger partial charge in [-0.25, -0.2) is 4.98 Å². The summed E-state index contributed by atoms with van der Waals surface area (Å²) in [5.41, 5.74) is 0.525. The molecular formula is C14H19Cl2N5O3. The third kappa shape index (κ3) is 4.92. The van der Waals surface area contributed by atoms with E-state index < -0.39 is 4.92 Å². The van der Waals surface area contributed by atoms with Crippen LogP contribution in [0.1, 0.15) is 10.4 Å². The van der Waals surface area contributed by atoms with E-state index in [4.69, 9.17) is 0 Å². The molecule has 10 heteroatoms. The first-order chi connectivity index (χ1) is 10.5. The lowest BCUT2D eigenvalue weighted by Gasteiger charge is -2.17. The average molecular weight is 376 g/mol. The zero-order chi connectivity index (χ0) is 16.1. The lowest BCUT2D eigenvalue weighted by molar-refractivity contribution is -0.384. The molecule has 0 bridgehead atoms. The number of hydrogen-bond acceptors (Lipinski definition) is 5. The van der Waals surface area contributed by atoms with Crippen LogP contribution < -0.4 is 5.32 Å². The lowest BCUT2D eigenvalue weighted by Crippen LogP contribution is -2.32. The van der Waals surface area contributed by atoms with E-state index in [1.165, 1.54) is 28.1 Å². The summed E-state index contributed by atoms with van der Waals surface area (Å²) in [6, 6.07) is 4.44. The lowest BCUT2D eigenvalue weighted by atomic mass is 10.1. The first-order valence-electron chi connectivity index (χ1n) is 6.71. The number of rotatable bonds is 6. The van der Waals surface area contributed by atoms with Gasteiger partial charge in [0, 0.05) is 44.2 Å². The number of nitro groups is 1. The number of carbonyl (C=O) groups excluding carboxylic acids is 1. The Labute approximate surface area is 151 Å². The predicted octanol–water partition coefficient (Wildman–Crippen LogP) is 1.92. The highest BCUT2D eigenvalue weighted by atomic mass is 35.5. The fourth-order valence-corrected chi connectivity index (χ4v) is 2.02. The molecule has 2 aromatic rings. The first-order valence-corrected chi connectivity index (χ1v) is 6.71. The summed E-state index contributed by atoms with van der Waals surface area (Å²) in [5, 5.41) is 14.2. The van der Waals surface area contributed by atoms with E-state index in [2.05, 4.69) is 10.3 Å². The molecule has 1 amide bonds. The number of halogens is 2. The number of amides is 1. The van der Waals surface area contributed by atoms with Gasteiger partial charge >= 0.3 is 0 Å². The molecule has 132 valence electrons. The van der Waals surface area contributed by atoms with E-state index >= 15 is 0 Å². The number of benzene rings is 1. The number of nitrogens with zero attached hydrogens (tertiary/aromatic N) is 4. The maximum Gasteiger partial charge on any atom is 0.294 e. The van der Waals surface area contributed by atoms with Gasteiger partial charge in [0.05, 0.1) is 11.3 Å². The summed E-state index contributed by atoms with van der Waals surface area (Å²) in [7, 11) is 3.46. The van der Waals surface area contributed by atoms with Crippen LogP contribution in [-0.2, 0) is 0 Å². The second kappa shape index (κ2) is 9.86. The van der Waals surface area contributed by atoms with Gasteiger partial charge in [-0.3, -0.25) is 14.9 Å². The van der Waals surface area contributed by atoms with Crippen LogP contribution in [-0.4, -0.2) is 52.5 Å². The molecule has 0 fully saturated rings. The van der Waals surface area contributed by atoms with Crippen LogP contribution >= 0.6 is 24.8 Å². The van der Waals surface area contributed by atoms with Crippen molar-refractivity contribution in [1.82, 2.24) is 19.8 Å². The molecule has 0 unspecified atom stereocenters. The summed E-state index contributed by atoms with van der Waals surface area (Å²) in [6.45, 7) is 1.17. The minimum Gasteiger partial charge on any atom is -0.340 e. The highest BCUT2D eigenvalue weighted by Gasteiger charge is 2.20. The van der Waals surface area contributed by atoms with Crippen LogP contribution in [0.3, 0.4) is 0 Å². The molecule has 1 N–H and O–H groups in total. The minimum atomic E-state index is -0.500. The monoisotopic (exact) mass is 375 g/mol. The van der Waals surface area contributed by atoms with Crippen molar-refractivity contribution in [2.75, 3.05) is 27.2 Å². The average Bonchev–Trinajstić information content (AvgIpc) is 3.05. The van der Waals surface area contributed by atoms with Crippen LogP contribution in [0.15, 0.2) is 36.9 Å². The Bertz CT molecular complexity index is 679. The molecule has 8 nitrogen and oxygen atoms in total. The molecule has 1 heterocycles. The highest BCUT2D eigenvalue weighted by molar-refractivity contribution is 5.95. The Balaban J connectivity index is 0.00000264. The Hall–Kier alpha value is -2.16. The van der Waals surface area contributed by atoms with E-state index in [1.54, 1.807) is 32.4 Å². The predicted molar refractivity (Wildman–Crippen MR) is 95.6 cm³/mol. The van der Waals surface area contributed by atoms with Crippen molar-refractivity contribution in [3.05, 3.63) is 52.6 Å². The summed E-state index contributed by atoms with van der Waals surface area (Å²) >= 11 is 0. The summed E-state index contributed by atoms with van der Waals surface area (Å²) in [6.07, 6.45) is 4.63. The van der Waals surface area contributed by atoms with Crippen molar-refractivity contribution in [1.29, 1.82) is 0 Å². The van der Waals surface area contributed by atoms with Gasteiger partial charge < -0.3 is 14.8 Å². The van der Waals surface area contributed by atoms with Gasteiger partial charge in [-0.15, -0.1) is 24.8 Å². The van der Waals surface area contributed by atoms with Gasteiger partial charge in [0.15, 0.2) is 0 Å². The normalized spacial score (nSPS) is 9.58. The molecule has 0 saturated carbocycles. The van der Waals surface area contributed by atoms with Gasteiger partial charge in [0.25, 0.3) is 11.6 Å². The fraction of sp³-hybridized carbons (Fsp3) is 0.286. The first kappa shape index (κ1) is 21.8. The fourth-order valence-electron chi connectivity index (χ4n) is 2.02. The molecule has 1 aromatic carbocycles. The smallest absolute Gasteiger partial charge is 0.294 e. The minimum absolute atomic E-state index is 0. The van der Waals surface area contributed by atoms with Gasteiger partial charge in [-0.05, 0) is 19.2 Å². The van der Waals surface area contributed by atoms with Gasteiger partial charge in [-0.2, -0.15) is 0 Å². The third-order valence-electron chi connectivity index (χ3n) is 3.25. The summed E-state index contributed by atoms with van der Waals surface area (Å²) in [5.74, 6) is -0.254. The van der Waals surface area contributed by atoms with Crippen LogP contribution in [0.4, 0.5) is 5.69 Å². The number of likely N-dealkylation sites (N-methyl/N-ethyl adjacent to an activating group) is 2. The van der Waals surface area contributed by atoms with Crippen molar-refractivity contribution >= 4 is 36.4 Å². The Kier molecular flexibility index (Phi) is 8.97. The second-order valence-electron chi connectivity index (χ2n) is 4.76. The van der Waals surface area contributed by atoms with Crippen LogP contribution in [0.2, 0.25) is 0 Å². The van der Waals surface area contributed by atoms with E-state index in [9.17, 15) is 14.9 Å². The Morgan fingerprint density at radius 3 is 2.67 bits per heavy atom. The molecule has 0 aliphatic carbocycles. The number of nitrogens with one attached hydrogen (secondary N) is 1. The molecule has 0 spiro atoms. The molecule has 0 atom stereocenters. The van der Waals surface area contributed by atoms with Crippen molar-refractivity contribution in [2.24, 2.45) is 0 Å². The third-order valence-corrected chi connectivity index (χ3v) is 3.25. The van der Waals surface area contributed by atoms with Gasteiger partial charge in [0.2, 0.25) is 0 Å². The largest absolute Gasteiger partial charge is 0.340 e. The van der Waals surface area contributed by atoms with E-state index in [1.807, 2.05) is 0 Å². The maximum absolute atomic E-state index is 12.3.